The molecule has 0 saturated heterocycles. The average molecular weight is 244 g/mol. The lowest BCUT2D eigenvalue weighted by atomic mass is 9.81. The van der Waals surface area contributed by atoms with Gasteiger partial charge in [0.2, 0.25) is 0 Å². The smallest absolute Gasteiger partial charge is 0.0878 e. The number of methoxy groups -OCH3 is 1. The van der Waals surface area contributed by atoms with Gasteiger partial charge in [0, 0.05) is 7.11 Å². The van der Waals surface area contributed by atoms with E-state index in [0.29, 0.717) is 5.92 Å². The molecule has 0 aliphatic carbocycles. The Balaban J connectivity index is 4.32. The van der Waals surface area contributed by atoms with Crippen molar-refractivity contribution in [3.05, 3.63) is 0 Å². The second kappa shape index (κ2) is 8.10. The van der Waals surface area contributed by atoms with Crippen LogP contribution >= 0.6 is 0 Å². The molecule has 3 unspecified atom stereocenters. The van der Waals surface area contributed by atoms with Crippen LogP contribution in [-0.2, 0) is 4.74 Å². The van der Waals surface area contributed by atoms with Crippen LogP contribution in [0.1, 0.15) is 66.7 Å². The molecule has 0 aromatic heterocycles. The zero-order valence-corrected chi connectivity index (χ0v) is 12.6. The minimum atomic E-state index is -0.346. The molecule has 0 aliphatic heterocycles. The molecule has 0 bridgehead atoms. The summed E-state index contributed by atoms with van der Waals surface area (Å²) in [5.74, 6) is 0.630. The fraction of sp³-hybridized carbons (Fsp3) is 1.00. The third kappa shape index (κ3) is 6.42. The third-order valence-electron chi connectivity index (χ3n) is 3.58. The Kier molecular flexibility index (Phi) is 8.06. The molecule has 0 heterocycles. The number of aliphatic hydroxyl groups is 1. The van der Waals surface area contributed by atoms with E-state index in [9.17, 15) is 5.11 Å². The summed E-state index contributed by atoms with van der Waals surface area (Å²) in [4.78, 5) is 0. The number of rotatable bonds is 8. The number of aliphatic hydroxyl groups excluding tert-OH is 1. The molecule has 3 atom stereocenters. The summed E-state index contributed by atoms with van der Waals surface area (Å²) in [6.45, 7) is 10.8. The number of unbranched alkanes of at least 4 members (excludes halogenated alkanes) is 1. The highest BCUT2D eigenvalue weighted by atomic mass is 16.5. The molecule has 0 spiro atoms. The van der Waals surface area contributed by atoms with Gasteiger partial charge in [0.1, 0.15) is 0 Å². The van der Waals surface area contributed by atoms with Crippen molar-refractivity contribution in [3.8, 4) is 0 Å². The Morgan fingerprint density at radius 2 is 1.76 bits per heavy atom. The summed E-state index contributed by atoms with van der Waals surface area (Å²) < 4.78 is 5.48. The first-order valence-corrected chi connectivity index (χ1v) is 7.07. The third-order valence-corrected chi connectivity index (χ3v) is 3.58. The topological polar surface area (TPSA) is 29.5 Å². The van der Waals surface area contributed by atoms with Gasteiger partial charge in [-0.3, -0.25) is 0 Å². The van der Waals surface area contributed by atoms with E-state index in [0.717, 1.165) is 12.8 Å². The predicted octanol–water partition coefficient (Wildman–Crippen LogP) is 4.01. The SMILES string of the molecule is CCCCC(CC)CC(O)C(OC)C(C)(C)C. The van der Waals surface area contributed by atoms with E-state index < -0.39 is 0 Å². The predicted molar refractivity (Wildman–Crippen MR) is 74.2 cm³/mol. The molecule has 104 valence electrons. The maximum absolute atomic E-state index is 10.3. The maximum atomic E-state index is 10.3. The second-order valence-corrected chi connectivity index (χ2v) is 6.24. The highest BCUT2D eigenvalue weighted by molar-refractivity contribution is 4.82. The number of hydrogen-bond acceptors (Lipinski definition) is 2. The zero-order valence-electron chi connectivity index (χ0n) is 12.6. The normalized spacial score (nSPS) is 17.8. The molecule has 0 amide bonds. The van der Waals surface area contributed by atoms with Gasteiger partial charge in [0.05, 0.1) is 12.2 Å². The molecule has 0 saturated carbocycles. The highest BCUT2D eigenvalue weighted by Crippen LogP contribution is 2.29. The van der Waals surface area contributed by atoms with E-state index in [2.05, 4.69) is 34.6 Å². The molecule has 0 fully saturated rings. The molecule has 17 heavy (non-hydrogen) atoms. The monoisotopic (exact) mass is 244 g/mol. The largest absolute Gasteiger partial charge is 0.390 e. The highest BCUT2D eigenvalue weighted by Gasteiger charge is 2.32. The lowest BCUT2D eigenvalue weighted by Crippen LogP contribution is -2.40. The fourth-order valence-electron chi connectivity index (χ4n) is 2.53. The summed E-state index contributed by atoms with van der Waals surface area (Å²) in [6.07, 6.45) is 5.33. The van der Waals surface area contributed by atoms with Crippen LogP contribution in [-0.4, -0.2) is 24.4 Å². The molecule has 0 rings (SSSR count). The van der Waals surface area contributed by atoms with Crippen LogP contribution in [0.15, 0.2) is 0 Å². The molecule has 0 aromatic carbocycles. The van der Waals surface area contributed by atoms with Gasteiger partial charge in [-0.05, 0) is 17.8 Å². The van der Waals surface area contributed by atoms with Crippen molar-refractivity contribution >= 4 is 0 Å². The van der Waals surface area contributed by atoms with Gasteiger partial charge in [0.25, 0.3) is 0 Å². The lowest BCUT2D eigenvalue weighted by Gasteiger charge is -2.34. The van der Waals surface area contributed by atoms with Crippen LogP contribution in [0.2, 0.25) is 0 Å². The van der Waals surface area contributed by atoms with E-state index in [1.54, 1.807) is 7.11 Å². The van der Waals surface area contributed by atoms with Gasteiger partial charge in [-0.15, -0.1) is 0 Å². The van der Waals surface area contributed by atoms with Gasteiger partial charge in [-0.25, -0.2) is 0 Å². The molecule has 2 heteroatoms. The van der Waals surface area contributed by atoms with Crippen LogP contribution in [0, 0.1) is 11.3 Å². The summed E-state index contributed by atoms with van der Waals surface area (Å²) in [7, 11) is 1.70. The van der Waals surface area contributed by atoms with Crippen molar-refractivity contribution in [2.45, 2.75) is 78.9 Å². The van der Waals surface area contributed by atoms with E-state index in [4.69, 9.17) is 4.74 Å². The van der Waals surface area contributed by atoms with Crippen molar-refractivity contribution in [2.24, 2.45) is 11.3 Å². The van der Waals surface area contributed by atoms with Crippen LogP contribution < -0.4 is 0 Å². The molecule has 2 nitrogen and oxygen atoms in total. The second-order valence-electron chi connectivity index (χ2n) is 6.24. The molecular weight excluding hydrogens is 212 g/mol. The van der Waals surface area contributed by atoms with Crippen LogP contribution in [0.3, 0.4) is 0 Å². The minimum Gasteiger partial charge on any atom is -0.390 e. The summed E-state index contributed by atoms with van der Waals surface area (Å²) >= 11 is 0. The first-order chi connectivity index (χ1) is 7.86. The molecule has 0 aliphatic rings. The van der Waals surface area contributed by atoms with Crippen LogP contribution in [0.5, 0.6) is 0 Å². The average Bonchev–Trinajstić information content (AvgIpc) is 2.22. The summed E-state index contributed by atoms with van der Waals surface area (Å²) in [6, 6.07) is 0. The minimum absolute atomic E-state index is 0.00276. The van der Waals surface area contributed by atoms with Crippen molar-refractivity contribution in [3.63, 3.8) is 0 Å². The first-order valence-electron chi connectivity index (χ1n) is 7.07. The summed E-state index contributed by atoms with van der Waals surface area (Å²) in [5, 5.41) is 10.3. The van der Waals surface area contributed by atoms with E-state index >= 15 is 0 Å². The van der Waals surface area contributed by atoms with Crippen LogP contribution in [0.25, 0.3) is 0 Å². The van der Waals surface area contributed by atoms with Crippen molar-refractivity contribution < 1.29 is 9.84 Å². The maximum Gasteiger partial charge on any atom is 0.0878 e. The van der Waals surface area contributed by atoms with Crippen LogP contribution in [0.4, 0.5) is 0 Å². The van der Waals surface area contributed by atoms with Gasteiger partial charge >= 0.3 is 0 Å². The molecule has 1 N–H and O–H groups in total. The Morgan fingerprint density at radius 1 is 1.18 bits per heavy atom. The van der Waals surface area contributed by atoms with Crippen molar-refractivity contribution in [1.29, 1.82) is 0 Å². The Hall–Kier alpha value is -0.0800. The van der Waals surface area contributed by atoms with Gasteiger partial charge in [-0.2, -0.15) is 0 Å². The lowest BCUT2D eigenvalue weighted by molar-refractivity contribution is -0.0788. The molecule has 0 radical (unpaired) electrons. The van der Waals surface area contributed by atoms with Crippen molar-refractivity contribution in [2.75, 3.05) is 7.11 Å². The van der Waals surface area contributed by atoms with Crippen molar-refractivity contribution in [1.82, 2.24) is 0 Å². The van der Waals surface area contributed by atoms with E-state index in [1.165, 1.54) is 19.3 Å². The quantitative estimate of drug-likeness (QED) is 0.699. The van der Waals surface area contributed by atoms with Gasteiger partial charge in [0.15, 0.2) is 0 Å². The Morgan fingerprint density at radius 3 is 2.12 bits per heavy atom. The molecule has 0 aromatic rings. The van der Waals surface area contributed by atoms with E-state index in [-0.39, 0.29) is 17.6 Å². The van der Waals surface area contributed by atoms with Gasteiger partial charge in [-0.1, -0.05) is 60.3 Å². The fourth-order valence-corrected chi connectivity index (χ4v) is 2.53. The van der Waals surface area contributed by atoms with E-state index in [1.807, 2.05) is 0 Å². The Bertz CT molecular complexity index is 184. The Labute approximate surface area is 108 Å². The number of ether oxygens (including phenoxy) is 1. The summed E-state index contributed by atoms with van der Waals surface area (Å²) in [5.41, 5.74) is -0.00276. The molecular formula is C15H32O2. The zero-order chi connectivity index (χ0) is 13.5. The first kappa shape index (κ1) is 16.9. The standard InChI is InChI=1S/C15H32O2/c1-7-9-10-12(8-2)11-13(16)14(17-6)15(3,4)5/h12-14,16H,7-11H2,1-6H3. The van der Waals surface area contributed by atoms with Gasteiger partial charge < -0.3 is 9.84 Å². The number of hydrogen-bond donors (Lipinski definition) is 1.